The second-order valence-electron chi connectivity index (χ2n) is 11.4. The van der Waals surface area contributed by atoms with Crippen molar-refractivity contribution < 1.29 is 14.0 Å². The Balaban J connectivity index is 1.90. The van der Waals surface area contributed by atoms with E-state index in [0.29, 0.717) is 11.7 Å². The number of nitrogens with zero attached hydrogens (tertiary/aromatic N) is 2. The molecule has 2 aromatic carbocycles. The van der Waals surface area contributed by atoms with E-state index in [1.165, 1.54) is 21.7 Å². The average molecular weight is 512 g/mol. The molecule has 0 saturated carbocycles. The molecule has 0 atom stereocenters. The minimum absolute atomic E-state index is 0.115. The third-order valence-corrected chi connectivity index (χ3v) is 11.9. The van der Waals surface area contributed by atoms with Gasteiger partial charge in [0.2, 0.25) is 5.13 Å². The molecule has 3 rings (SSSR count). The maximum absolute atomic E-state index is 12.2. The zero-order valence-corrected chi connectivity index (χ0v) is 23.8. The van der Waals surface area contributed by atoms with Gasteiger partial charge in [0.05, 0.1) is 0 Å². The van der Waals surface area contributed by atoms with Crippen molar-refractivity contribution in [3.05, 3.63) is 65.7 Å². The van der Waals surface area contributed by atoms with Crippen LogP contribution in [0.15, 0.2) is 60.7 Å². The molecule has 1 heterocycles. The van der Waals surface area contributed by atoms with Crippen molar-refractivity contribution in [1.29, 1.82) is 0 Å². The van der Waals surface area contributed by atoms with E-state index >= 15 is 0 Å². The number of carbonyl (C=O) groups excluding carboxylic acids is 1. The van der Waals surface area contributed by atoms with Gasteiger partial charge >= 0.3 is 6.09 Å². The Morgan fingerprint density at radius 2 is 1.37 bits per heavy atom. The van der Waals surface area contributed by atoms with Crippen molar-refractivity contribution in [2.24, 2.45) is 0 Å². The molecule has 0 fully saturated rings. The molecule has 0 aliphatic rings. The van der Waals surface area contributed by atoms with Crippen LogP contribution in [-0.4, -0.2) is 36.8 Å². The van der Waals surface area contributed by atoms with Crippen LogP contribution in [0.4, 0.5) is 9.93 Å². The Bertz CT molecular complexity index is 1080. The molecule has 6 nitrogen and oxygen atoms in total. The number of nitrogens with one attached hydrogen (secondary N) is 1. The number of hydrogen-bond donors (Lipinski definition) is 1. The van der Waals surface area contributed by atoms with E-state index in [1.807, 2.05) is 32.9 Å². The monoisotopic (exact) mass is 511 g/mol. The van der Waals surface area contributed by atoms with Gasteiger partial charge in [0.25, 0.3) is 8.32 Å². The highest BCUT2D eigenvalue weighted by atomic mass is 32.1. The summed E-state index contributed by atoms with van der Waals surface area (Å²) in [6.45, 7) is 16.9. The molecule has 3 aromatic rings. The number of benzene rings is 2. The molecule has 0 spiro atoms. The Labute approximate surface area is 214 Å². The molecule has 8 heteroatoms. The molecule has 1 N–H and O–H groups in total. The smallest absolute Gasteiger partial charge is 0.414 e. The number of hydrogen-bond acceptors (Lipinski definition) is 6. The van der Waals surface area contributed by atoms with Crippen molar-refractivity contribution in [2.75, 3.05) is 11.9 Å². The van der Waals surface area contributed by atoms with Gasteiger partial charge in [0, 0.05) is 12.0 Å². The molecule has 188 valence electrons. The van der Waals surface area contributed by atoms with Crippen LogP contribution < -0.4 is 15.7 Å². The Kier molecular flexibility index (Phi) is 7.88. The third-order valence-electron chi connectivity index (χ3n) is 5.68. The molecule has 0 unspecified atom stereocenters. The predicted octanol–water partition coefficient (Wildman–Crippen LogP) is 5.74. The number of anilines is 1. The molecule has 0 aliphatic carbocycles. The Morgan fingerprint density at radius 3 is 1.83 bits per heavy atom. The van der Waals surface area contributed by atoms with E-state index in [0.717, 1.165) is 5.01 Å². The van der Waals surface area contributed by atoms with Crippen molar-refractivity contribution in [3.8, 4) is 0 Å². The molecule has 0 aliphatic heterocycles. The van der Waals surface area contributed by atoms with Gasteiger partial charge in [0.15, 0.2) is 0 Å². The van der Waals surface area contributed by atoms with Crippen molar-refractivity contribution in [1.82, 2.24) is 10.2 Å². The van der Waals surface area contributed by atoms with Gasteiger partial charge in [-0.3, -0.25) is 5.32 Å². The van der Waals surface area contributed by atoms with Crippen LogP contribution in [0.2, 0.25) is 5.04 Å². The average Bonchev–Trinajstić information content (AvgIpc) is 3.23. The summed E-state index contributed by atoms with van der Waals surface area (Å²) in [5.74, 6) is 0. The number of carbonyl (C=O) groups is 1. The molecule has 0 saturated heterocycles. The lowest BCUT2D eigenvalue weighted by Crippen LogP contribution is -2.67. The zero-order valence-electron chi connectivity index (χ0n) is 22.0. The topological polar surface area (TPSA) is 73.3 Å². The maximum Gasteiger partial charge on any atom is 0.414 e. The maximum atomic E-state index is 12.2. The minimum atomic E-state index is -2.67. The summed E-state index contributed by atoms with van der Waals surface area (Å²) in [6.07, 6.45) is -0.540. The summed E-state index contributed by atoms with van der Waals surface area (Å²) in [5.41, 5.74) is -1.00. The lowest BCUT2D eigenvalue weighted by molar-refractivity contribution is 0.0636. The fourth-order valence-electron chi connectivity index (χ4n) is 4.05. The number of amides is 1. The predicted molar refractivity (Wildman–Crippen MR) is 146 cm³/mol. The van der Waals surface area contributed by atoms with E-state index < -0.39 is 25.4 Å². The van der Waals surface area contributed by atoms with E-state index in [2.05, 4.69) is 98.7 Å². The Morgan fingerprint density at radius 1 is 0.857 bits per heavy atom. The number of ether oxygens (including phenoxy) is 1. The van der Waals surface area contributed by atoms with Gasteiger partial charge in [-0.25, -0.2) is 4.79 Å². The first-order valence-corrected chi connectivity index (χ1v) is 14.6. The molecule has 1 aromatic heterocycles. The van der Waals surface area contributed by atoms with Gasteiger partial charge in [-0.2, -0.15) is 0 Å². The quantitative estimate of drug-likeness (QED) is 0.410. The molecular weight excluding hydrogens is 474 g/mol. The molecule has 0 radical (unpaired) electrons. The van der Waals surface area contributed by atoms with E-state index in [1.54, 1.807) is 0 Å². The van der Waals surface area contributed by atoms with Crippen LogP contribution in [0.1, 0.15) is 60.4 Å². The number of aromatic nitrogens is 2. The SMILES string of the molecule is CC(C)(C)OC(=O)Nc1nnc(C(C)(C)CO[Si](c2ccccc2)(c2ccccc2)C(C)(C)C)s1. The second-order valence-corrected chi connectivity index (χ2v) is 16.7. The van der Waals surface area contributed by atoms with Crippen LogP contribution in [0.25, 0.3) is 0 Å². The lowest BCUT2D eigenvalue weighted by Gasteiger charge is -2.44. The highest BCUT2D eigenvalue weighted by Crippen LogP contribution is 2.39. The highest BCUT2D eigenvalue weighted by Gasteiger charge is 2.51. The van der Waals surface area contributed by atoms with E-state index in [4.69, 9.17) is 9.16 Å². The van der Waals surface area contributed by atoms with Gasteiger partial charge in [-0.05, 0) is 36.2 Å². The summed E-state index contributed by atoms with van der Waals surface area (Å²) in [6, 6.07) is 21.2. The van der Waals surface area contributed by atoms with E-state index in [-0.39, 0.29) is 5.04 Å². The summed E-state index contributed by atoms with van der Waals surface area (Å²) in [7, 11) is -2.67. The fourth-order valence-corrected chi connectivity index (χ4v) is 9.60. The lowest BCUT2D eigenvalue weighted by atomic mass is 9.96. The summed E-state index contributed by atoms with van der Waals surface area (Å²) >= 11 is 1.35. The van der Waals surface area contributed by atoms with Gasteiger partial charge in [-0.1, -0.05) is 107 Å². The standard InChI is InChI=1S/C27H37N3O3SSi/c1-25(2,3)33-24(31)28-23-30-29-22(34-23)27(7,8)19-32-35(26(4,5)6,20-15-11-9-12-16-20)21-17-13-10-14-18-21/h9-18H,19H2,1-8H3,(H,28,30,31). The highest BCUT2D eigenvalue weighted by molar-refractivity contribution is 7.15. The second kappa shape index (κ2) is 10.2. The van der Waals surface area contributed by atoms with Crippen molar-refractivity contribution in [2.45, 2.75) is 71.4 Å². The van der Waals surface area contributed by atoms with Crippen molar-refractivity contribution in [3.63, 3.8) is 0 Å². The first-order chi connectivity index (χ1) is 16.2. The summed E-state index contributed by atoms with van der Waals surface area (Å²) in [4.78, 5) is 12.2. The van der Waals surface area contributed by atoms with Crippen molar-refractivity contribution >= 4 is 41.3 Å². The Hall–Kier alpha value is -2.55. The van der Waals surface area contributed by atoms with Gasteiger partial charge in [-0.15, -0.1) is 10.2 Å². The van der Waals surface area contributed by atoms with Crippen LogP contribution in [0, 0.1) is 0 Å². The van der Waals surface area contributed by atoms with Gasteiger partial charge < -0.3 is 9.16 Å². The minimum Gasteiger partial charge on any atom is -0.444 e. The molecular formula is C27H37N3O3SSi. The summed E-state index contributed by atoms with van der Waals surface area (Å²) < 4.78 is 12.4. The van der Waals surface area contributed by atoms with Crippen LogP contribution in [-0.2, 0) is 14.6 Å². The molecule has 1 amide bonds. The third kappa shape index (κ3) is 6.37. The first-order valence-electron chi connectivity index (χ1n) is 11.8. The van der Waals surface area contributed by atoms with E-state index in [9.17, 15) is 4.79 Å². The number of rotatable bonds is 7. The normalized spacial score (nSPS) is 12.9. The first kappa shape index (κ1) is 27.0. The van der Waals surface area contributed by atoms with Crippen LogP contribution >= 0.6 is 11.3 Å². The summed E-state index contributed by atoms with van der Waals surface area (Å²) in [5, 5.41) is 14.8. The fraction of sp³-hybridized carbons (Fsp3) is 0.444. The van der Waals surface area contributed by atoms with Gasteiger partial charge in [0.1, 0.15) is 10.6 Å². The largest absolute Gasteiger partial charge is 0.444 e. The zero-order chi connectivity index (χ0) is 25.9. The van der Waals surface area contributed by atoms with Crippen LogP contribution in [0.3, 0.4) is 0 Å². The molecule has 0 bridgehead atoms. The molecule has 35 heavy (non-hydrogen) atoms. The van der Waals surface area contributed by atoms with Crippen LogP contribution in [0.5, 0.6) is 0 Å².